The van der Waals surface area contributed by atoms with Crippen LogP contribution in [0, 0.1) is 5.82 Å². The third-order valence-electron chi connectivity index (χ3n) is 2.36. The number of hydrogen-bond acceptors (Lipinski definition) is 6. The van der Waals surface area contributed by atoms with E-state index in [4.69, 9.17) is 15.0 Å². The molecule has 2 rings (SSSR count). The van der Waals surface area contributed by atoms with Crippen LogP contribution in [0.15, 0.2) is 22.7 Å². The topological polar surface area (TPSA) is 94.4 Å². The van der Waals surface area contributed by atoms with Crippen LogP contribution in [0.1, 0.15) is 12.0 Å². The van der Waals surface area contributed by atoms with Crippen LogP contribution in [-0.4, -0.2) is 28.9 Å². The fourth-order valence-corrected chi connectivity index (χ4v) is 1.39. The SMILES string of the molecule is COc1cc(-c2noc(C(O)CN)n2)ccc1F. The Morgan fingerprint density at radius 1 is 1.56 bits per heavy atom. The molecule has 2 aromatic rings. The molecule has 0 fully saturated rings. The Morgan fingerprint density at radius 3 is 3.00 bits per heavy atom. The molecule has 7 heteroatoms. The normalized spacial score (nSPS) is 12.4. The molecule has 0 aliphatic heterocycles. The van der Waals surface area contributed by atoms with Crippen molar-refractivity contribution in [3.05, 3.63) is 29.9 Å². The van der Waals surface area contributed by atoms with Gasteiger partial charge in [0.15, 0.2) is 11.6 Å². The van der Waals surface area contributed by atoms with Crippen molar-refractivity contribution in [2.75, 3.05) is 13.7 Å². The van der Waals surface area contributed by atoms with Gasteiger partial charge in [0.25, 0.3) is 5.89 Å². The number of benzene rings is 1. The Morgan fingerprint density at radius 2 is 2.33 bits per heavy atom. The highest BCUT2D eigenvalue weighted by Gasteiger charge is 2.16. The molecule has 96 valence electrons. The molecule has 0 saturated carbocycles. The lowest BCUT2D eigenvalue weighted by Crippen LogP contribution is -2.11. The van der Waals surface area contributed by atoms with Crippen LogP contribution in [-0.2, 0) is 0 Å². The minimum atomic E-state index is -1.01. The van der Waals surface area contributed by atoms with Crippen molar-refractivity contribution in [3.8, 4) is 17.1 Å². The lowest BCUT2D eigenvalue weighted by Gasteiger charge is -2.02. The van der Waals surface area contributed by atoms with Gasteiger partial charge in [-0.2, -0.15) is 4.98 Å². The van der Waals surface area contributed by atoms with E-state index < -0.39 is 11.9 Å². The lowest BCUT2D eigenvalue weighted by molar-refractivity contribution is 0.141. The number of methoxy groups -OCH3 is 1. The number of nitrogens with two attached hydrogens (primary N) is 1. The first-order valence-corrected chi connectivity index (χ1v) is 5.21. The van der Waals surface area contributed by atoms with Crippen molar-refractivity contribution in [2.24, 2.45) is 5.73 Å². The van der Waals surface area contributed by atoms with Crippen LogP contribution in [0.3, 0.4) is 0 Å². The van der Waals surface area contributed by atoms with E-state index in [9.17, 15) is 9.50 Å². The Bertz CT molecular complexity index is 544. The van der Waals surface area contributed by atoms with Crippen LogP contribution >= 0.6 is 0 Å². The molecule has 1 aromatic heterocycles. The van der Waals surface area contributed by atoms with Crippen LogP contribution in [0.2, 0.25) is 0 Å². The van der Waals surface area contributed by atoms with E-state index in [2.05, 4.69) is 10.1 Å². The summed E-state index contributed by atoms with van der Waals surface area (Å²) >= 11 is 0. The summed E-state index contributed by atoms with van der Waals surface area (Å²) in [4.78, 5) is 3.97. The summed E-state index contributed by atoms with van der Waals surface area (Å²) in [5.74, 6) is -0.142. The number of hydrogen-bond donors (Lipinski definition) is 2. The highest BCUT2D eigenvalue weighted by molar-refractivity contribution is 5.57. The van der Waals surface area contributed by atoms with E-state index in [1.807, 2.05) is 0 Å². The number of aliphatic hydroxyl groups is 1. The van der Waals surface area contributed by atoms with Gasteiger partial charge in [-0.1, -0.05) is 5.16 Å². The fourth-order valence-electron chi connectivity index (χ4n) is 1.39. The third-order valence-corrected chi connectivity index (χ3v) is 2.36. The standard InChI is InChI=1S/C11H12FN3O3/c1-17-9-4-6(2-3-7(9)12)10-14-11(18-15-10)8(16)5-13/h2-4,8,16H,5,13H2,1H3. The Labute approximate surface area is 102 Å². The highest BCUT2D eigenvalue weighted by atomic mass is 19.1. The summed E-state index contributed by atoms with van der Waals surface area (Å²) in [7, 11) is 1.36. The second-order valence-corrected chi connectivity index (χ2v) is 3.56. The minimum absolute atomic E-state index is 0.0195. The summed E-state index contributed by atoms with van der Waals surface area (Å²) in [5, 5.41) is 13.1. The van der Waals surface area contributed by atoms with Gasteiger partial charge < -0.3 is 20.1 Å². The van der Waals surface area contributed by atoms with E-state index in [1.165, 1.54) is 25.3 Å². The van der Waals surface area contributed by atoms with Crippen molar-refractivity contribution in [1.82, 2.24) is 10.1 Å². The molecule has 0 spiro atoms. The smallest absolute Gasteiger partial charge is 0.257 e. The molecule has 0 bridgehead atoms. The summed E-state index contributed by atoms with van der Waals surface area (Å²) in [6.45, 7) is -0.0195. The maximum atomic E-state index is 13.2. The van der Waals surface area contributed by atoms with E-state index in [0.29, 0.717) is 5.56 Å². The van der Waals surface area contributed by atoms with Crippen molar-refractivity contribution in [1.29, 1.82) is 0 Å². The van der Waals surface area contributed by atoms with Gasteiger partial charge in [0.1, 0.15) is 6.10 Å². The molecule has 6 nitrogen and oxygen atoms in total. The predicted molar refractivity (Wildman–Crippen MR) is 60.3 cm³/mol. The second-order valence-electron chi connectivity index (χ2n) is 3.56. The summed E-state index contributed by atoms with van der Waals surface area (Å²) < 4.78 is 22.9. The summed E-state index contributed by atoms with van der Waals surface area (Å²) in [6.07, 6.45) is -1.01. The van der Waals surface area contributed by atoms with Crippen molar-refractivity contribution in [3.63, 3.8) is 0 Å². The van der Waals surface area contributed by atoms with Gasteiger partial charge in [-0.05, 0) is 18.2 Å². The van der Waals surface area contributed by atoms with Crippen molar-refractivity contribution >= 4 is 0 Å². The summed E-state index contributed by atoms with van der Waals surface area (Å²) in [5.41, 5.74) is 5.79. The Balaban J connectivity index is 2.34. The number of aliphatic hydroxyl groups excluding tert-OH is 1. The molecular formula is C11H12FN3O3. The van der Waals surface area contributed by atoms with E-state index in [0.717, 1.165) is 0 Å². The van der Waals surface area contributed by atoms with E-state index in [-0.39, 0.29) is 24.0 Å². The van der Waals surface area contributed by atoms with Crippen LogP contribution in [0.5, 0.6) is 5.75 Å². The highest BCUT2D eigenvalue weighted by Crippen LogP contribution is 2.25. The molecule has 1 unspecified atom stereocenters. The zero-order chi connectivity index (χ0) is 13.1. The molecule has 3 N–H and O–H groups in total. The number of rotatable bonds is 4. The molecule has 1 atom stereocenters. The lowest BCUT2D eigenvalue weighted by atomic mass is 10.2. The number of nitrogens with zero attached hydrogens (tertiary/aromatic N) is 2. The number of ether oxygens (including phenoxy) is 1. The number of halogens is 1. The maximum Gasteiger partial charge on any atom is 0.257 e. The van der Waals surface area contributed by atoms with Gasteiger partial charge in [-0.15, -0.1) is 0 Å². The van der Waals surface area contributed by atoms with Gasteiger partial charge in [-0.25, -0.2) is 4.39 Å². The monoisotopic (exact) mass is 253 g/mol. The van der Waals surface area contributed by atoms with E-state index >= 15 is 0 Å². The largest absolute Gasteiger partial charge is 0.494 e. The van der Waals surface area contributed by atoms with Crippen molar-refractivity contribution < 1.29 is 18.8 Å². The van der Waals surface area contributed by atoms with Crippen LogP contribution in [0.4, 0.5) is 4.39 Å². The van der Waals surface area contributed by atoms with E-state index in [1.54, 1.807) is 0 Å². The zero-order valence-corrected chi connectivity index (χ0v) is 9.63. The summed E-state index contributed by atoms with van der Waals surface area (Å²) in [6, 6.07) is 4.17. The molecule has 18 heavy (non-hydrogen) atoms. The first-order valence-electron chi connectivity index (χ1n) is 5.21. The molecule has 0 saturated heterocycles. The fraction of sp³-hybridized carbons (Fsp3) is 0.273. The number of aromatic nitrogens is 2. The molecule has 1 aromatic carbocycles. The quantitative estimate of drug-likeness (QED) is 0.839. The predicted octanol–water partition coefficient (Wildman–Crippen LogP) is 0.876. The average molecular weight is 253 g/mol. The van der Waals surface area contributed by atoms with Gasteiger partial charge in [0.05, 0.1) is 7.11 Å². The second kappa shape index (κ2) is 5.11. The molecule has 0 radical (unpaired) electrons. The molecule has 1 heterocycles. The first-order chi connectivity index (χ1) is 8.65. The van der Waals surface area contributed by atoms with Gasteiger partial charge in [0.2, 0.25) is 5.82 Å². The van der Waals surface area contributed by atoms with Crippen LogP contribution in [0.25, 0.3) is 11.4 Å². The first kappa shape index (κ1) is 12.5. The zero-order valence-electron chi connectivity index (χ0n) is 9.63. The maximum absolute atomic E-state index is 13.2. The molecule has 0 amide bonds. The molecule has 0 aliphatic carbocycles. The average Bonchev–Trinajstić information content (AvgIpc) is 2.88. The minimum Gasteiger partial charge on any atom is -0.494 e. The Kier molecular flexibility index (Phi) is 3.54. The van der Waals surface area contributed by atoms with Gasteiger partial charge in [0, 0.05) is 12.1 Å². The van der Waals surface area contributed by atoms with Crippen molar-refractivity contribution in [2.45, 2.75) is 6.10 Å². The third kappa shape index (κ3) is 2.31. The molecular weight excluding hydrogens is 241 g/mol. The van der Waals surface area contributed by atoms with Crippen LogP contribution < -0.4 is 10.5 Å². The Hall–Kier alpha value is -1.99. The molecule has 0 aliphatic rings. The van der Waals surface area contributed by atoms with Gasteiger partial charge >= 0.3 is 0 Å². The van der Waals surface area contributed by atoms with Gasteiger partial charge in [-0.3, -0.25) is 0 Å².